The molecule has 0 aromatic carbocycles. The molecule has 0 N–H and O–H groups in total. The number of allylic oxidation sites excluding steroid dienone is 2. The Kier molecular flexibility index (Phi) is 2.08. The summed E-state index contributed by atoms with van der Waals surface area (Å²) in [4.78, 5) is 0. The summed E-state index contributed by atoms with van der Waals surface area (Å²) in [6.07, 6.45) is 5.44. The Morgan fingerprint density at radius 1 is 1.54 bits per heavy atom. The van der Waals surface area contributed by atoms with Crippen LogP contribution in [0.3, 0.4) is 0 Å². The quantitative estimate of drug-likeness (QED) is 0.664. The van der Waals surface area contributed by atoms with Crippen LogP contribution in [-0.4, -0.2) is 12.3 Å². The van der Waals surface area contributed by atoms with Crippen molar-refractivity contribution in [2.24, 2.45) is 0 Å². The second-order valence-electron chi connectivity index (χ2n) is 3.28. The predicted molar refractivity (Wildman–Crippen MR) is 49.6 cm³/mol. The molecule has 0 unspecified atom stereocenters. The van der Waals surface area contributed by atoms with Gasteiger partial charge in [0.2, 0.25) is 0 Å². The Labute approximate surface area is 77.4 Å². The van der Waals surface area contributed by atoms with Crippen LogP contribution in [0.4, 0.5) is 0 Å². The van der Waals surface area contributed by atoms with Crippen LogP contribution in [-0.2, 0) is 6.42 Å². The van der Waals surface area contributed by atoms with E-state index in [-0.39, 0.29) is 0 Å². The van der Waals surface area contributed by atoms with Crippen LogP contribution in [0.1, 0.15) is 31.1 Å². The zero-order valence-corrected chi connectivity index (χ0v) is 7.96. The molecule has 0 amide bonds. The van der Waals surface area contributed by atoms with Gasteiger partial charge in [-0.05, 0) is 36.9 Å². The average molecular weight is 179 g/mol. The molecule has 13 heavy (non-hydrogen) atoms. The lowest BCUT2D eigenvalue weighted by atomic mass is 10.1. The first-order valence-corrected chi connectivity index (χ1v) is 4.52. The van der Waals surface area contributed by atoms with Crippen LogP contribution in [0.15, 0.2) is 10.6 Å². The van der Waals surface area contributed by atoms with Gasteiger partial charge in [-0.25, -0.2) is 0 Å². The molecule has 0 fully saturated rings. The van der Waals surface area contributed by atoms with E-state index in [1.807, 2.05) is 0 Å². The topological polar surface area (TPSA) is 35.3 Å². The van der Waals surface area contributed by atoms with Crippen LogP contribution in [0.2, 0.25) is 0 Å². The van der Waals surface area contributed by atoms with Crippen LogP contribution in [0.25, 0.3) is 5.57 Å². The molecular formula is C10H13NO2. The zero-order chi connectivity index (χ0) is 9.26. The lowest BCUT2D eigenvalue weighted by molar-refractivity contribution is 0.335. The summed E-state index contributed by atoms with van der Waals surface area (Å²) in [7, 11) is 1.63. The molecular weight excluding hydrogens is 166 g/mol. The molecule has 1 aliphatic rings. The van der Waals surface area contributed by atoms with E-state index in [0.717, 1.165) is 30.6 Å². The van der Waals surface area contributed by atoms with E-state index in [9.17, 15) is 0 Å². The minimum Gasteiger partial charge on any atom is -0.479 e. The highest BCUT2D eigenvalue weighted by atomic mass is 16.5. The van der Waals surface area contributed by atoms with Crippen molar-refractivity contribution < 1.29 is 9.26 Å². The highest BCUT2D eigenvalue weighted by molar-refractivity contribution is 5.64. The van der Waals surface area contributed by atoms with Gasteiger partial charge in [-0.2, -0.15) is 0 Å². The van der Waals surface area contributed by atoms with Crippen molar-refractivity contribution in [3.05, 3.63) is 17.4 Å². The third-order valence-corrected chi connectivity index (χ3v) is 2.39. The minimum atomic E-state index is 0.643. The minimum absolute atomic E-state index is 0.643. The first-order chi connectivity index (χ1) is 6.33. The molecule has 1 aliphatic carbocycles. The van der Waals surface area contributed by atoms with Crippen LogP contribution < -0.4 is 4.74 Å². The Morgan fingerprint density at radius 2 is 2.38 bits per heavy atom. The second kappa shape index (κ2) is 3.24. The number of methoxy groups -OCH3 is 1. The summed E-state index contributed by atoms with van der Waals surface area (Å²) in [5.41, 5.74) is 2.29. The van der Waals surface area contributed by atoms with Crippen molar-refractivity contribution in [2.45, 2.75) is 26.2 Å². The van der Waals surface area contributed by atoms with E-state index in [2.05, 4.69) is 18.2 Å². The molecule has 70 valence electrons. The molecule has 2 rings (SSSR count). The lowest BCUT2D eigenvalue weighted by Gasteiger charge is -1.97. The van der Waals surface area contributed by atoms with Gasteiger partial charge in [0.15, 0.2) is 5.76 Å². The maximum Gasteiger partial charge on any atom is 0.257 e. The maximum absolute atomic E-state index is 5.23. The Hall–Kier alpha value is -1.25. The molecule has 0 bridgehead atoms. The molecule has 0 aliphatic heterocycles. The zero-order valence-electron chi connectivity index (χ0n) is 7.96. The summed E-state index contributed by atoms with van der Waals surface area (Å²) < 4.78 is 10.4. The van der Waals surface area contributed by atoms with Crippen molar-refractivity contribution in [1.82, 2.24) is 5.16 Å². The van der Waals surface area contributed by atoms with Crippen molar-refractivity contribution in [3.63, 3.8) is 0 Å². The van der Waals surface area contributed by atoms with Gasteiger partial charge in [-0.15, -0.1) is 0 Å². The third kappa shape index (κ3) is 1.34. The SMILES string of the molecule is COc1noc2c1CCCC=C2C. The Morgan fingerprint density at radius 3 is 3.15 bits per heavy atom. The monoisotopic (exact) mass is 179 g/mol. The number of aromatic nitrogens is 1. The lowest BCUT2D eigenvalue weighted by Crippen LogP contribution is -1.90. The van der Waals surface area contributed by atoms with Crippen molar-refractivity contribution in [3.8, 4) is 5.88 Å². The fraction of sp³-hybridized carbons (Fsp3) is 0.500. The molecule has 0 saturated carbocycles. The molecule has 1 heterocycles. The number of ether oxygens (including phenoxy) is 1. The summed E-state index contributed by atoms with van der Waals surface area (Å²) in [5.74, 6) is 1.54. The molecule has 3 heteroatoms. The highest BCUT2D eigenvalue weighted by Gasteiger charge is 2.19. The molecule has 0 spiro atoms. The number of rotatable bonds is 1. The average Bonchev–Trinajstić information content (AvgIpc) is 2.47. The number of hydrogen-bond donors (Lipinski definition) is 0. The maximum atomic E-state index is 5.23. The smallest absolute Gasteiger partial charge is 0.257 e. The standard InChI is InChI=1S/C10H13NO2/c1-7-5-3-4-6-8-9(7)13-11-10(8)12-2/h5H,3-4,6H2,1-2H3. The summed E-state index contributed by atoms with van der Waals surface area (Å²) in [6.45, 7) is 2.05. The van der Waals surface area contributed by atoms with Crippen molar-refractivity contribution in [2.75, 3.05) is 7.11 Å². The predicted octanol–water partition coefficient (Wildman–Crippen LogP) is 2.42. The Bertz CT molecular complexity index is 339. The number of hydrogen-bond acceptors (Lipinski definition) is 3. The molecule has 0 radical (unpaired) electrons. The van der Waals surface area contributed by atoms with Crippen LogP contribution in [0.5, 0.6) is 5.88 Å². The fourth-order valence-corrected chi connectivity index (χ4v) is 1.68. The third-order valence-electron chi connectivity index (χ3n) is 2.39. The van der Waals surface area contributed by atoms with E-state index in [1.165, 1.54) is 5.57 Å². The first kappa shape index (κ1) is 8.35. The summed E-state index contributed by atoms with van der Waals surface area (Å²) >= 11 is 0. The van der Waals surface area contributed by atoms with Crippen LogP contribution in [0, 0.1) is 0 Å². The van der Waals surface area contributed by atoms with Crippen molar-refractivity contribution in [1.29, 1.82) is 0 Å². The van der Waals surface area contributed by atoms with Gasteiger partial charge in [-0.3, -0.25) is 0 Å². The largest absolute Gasteiger partial charge is 0.479 e. The fourth-order valence-electron chi connectivity index (χ4n) is 1.68. The van der Waals surface area contributed by atoms with Gasteiger partial charge in [-0.1, -0.05) is 6.08 Å². The van der Waals surface area contributed by atoms with Gasteiger partial charge >= 0.3 is 0 Å². The van der Waals surface area contributed by atoms with Crippen molar-refractivity contribution >= 4 is 5.57 Å². The molecule has 3 nitrogen and oxygen atoms in total. The van der Waals surface area contributed by atoms with E-state index in [4.69, 9.17) is 9.26 Å². The first-order valence-electron chi connectivity index (χ1n) is 4.52. The molecule has 0 atom stereocenters. The molecule has 1 aromatic rings. The van der Waals surface area contributed by atoms with Gasteiger partial charge in [0.1, 0.15) is 0 Å². The Balaban J connectivity index is 2.48. The van der Waals surface area contributed by atoms with Gasteiger partial charge in [0.25, 0.3) is 5.88 Å². The number of fused-ring (bicyclic) bond motifs is 1. The molecule has 1 aromatic heterocycles. The highest BCUT2D eigenvalue weighted by Crippen LogP contribution is 2.31. The van der Waals surface area contributed by atoms with E-state index in [0.29, 0.717) is 5.88 Å². The van der Waals surface area contributed by atoms with Crippen LogP contribution >= 0.6 is 0 Å². The van der Waals surface area contributed by atoms with E-state index in [1.54, 1.807) is 7.11 Å². The van der Waals surface area contributed by atoms with Gasteiger partial charge in [0, 0.05) is 0 Å². The van der Waals surface area contributed by atoms with E-state index >= 15 is 0 Å². The van der Waals surface area contributed by atoms with Gasteiger partial charge in [0.05, 0.1) is 12.7 Å². The van der Waals surface area contributed by atoms with Gasteiger partial charge < -0.3 is 9.26 Å². The van der Waals surface area contributed by atoms with E-state index < -0.39 is 0 Å². The normalized spacial score (nSPS) is 16.0. The summed E-state index contributed by atoms with van der Waals surface area (Å²) in [5, 5.41) is 3.87. The second-order valence-corrected chi connectivity index (χ2v) is 3.28. The molecule has 0 saturated heterocycles. The number of nitrogens with zero attached hydrogens (tertiary/aromatic N) is 1. The summed E-state index contributed by atoms with van der Waals surface area (Å²) in [6, 6.07) is 0.